The lowest BCUT2D eigenvalue weighted by molar-refractivity contribution is 1.14. The largest absolute Gasteiger partial charge is 0.0613 e. The highest BCUT2D eigenvalue weighted by Crippen LogP contribution is 2.34. The monoisotopic (exact) mass is 328 g/mol. The van der Waals surface area contributed by atoms with Crippen LogP contribution in [0.5, 0.6) is 0 Å². The fourth-order valence-electron chi connectivity index (χ4n) is 3.70. The van der Waals surface area contributed by atoms with Crippen LogP contribution in [-0.4, -0.2) is 0 Å². The topological polar surface area (TPSA) is 0 Å². The summed E-state index contributed by atoms with van der Waals surface area (Å²) in [4.78, 5) is 0. The summed E-state index contributed by atoms with van der Waals surface area (Å²) < 4.78 is 0. The molecule has 3 aromatic carbocycles. The Morgan fingerprint density at radius 2 is 1.04 bits per heavy atom. The molecule has 0 unspecified atom stereocenters. The lowest BCUT2D eigenvalue weighted by Gasteiger charge is -2.16. The summed E-state index contributed by atoms with van der Waals surface area (Å²) in [7, 11) is 0. The summed E-state index contributed by atoms with van der Waals surface area (Å²) in [5.74, 6) is 0. The van der Waals surface area contributed by atoms with Gasteiger partial charge in [0.2, 0.25) is 0 Å². The van der Waals surface area contributed by atoms with E-state index in [1.54, 1.807) is 0 Å². The highest BCUT2D eigenvalue weighted by atomic mass is 14.2. The molecule has 3 rings (SSSR count). The normalized spacial score (nSPS) is 11.0. The maximum atomic E-state index is 2.33. The van der Waals surface area contributed by atoms with Crippen LogP contribution >= 0.6 is 0 Å². The van der Waals surface area contributed by atoms with Gasteiger partial charge in [-0.1, -0.05) is 55.5 Å². The van der Waals surface area contributed by atoms with Crippen LogP contribution in [0.15, 0.2) is 48.5 Å². The zero-order valence-corrected chi connectivity index (χ0v) is 16.3. The molecule has 0 aliphatic rings. The number of hydrogen-bond acceptors (Lipinski definition) is 0. The molecule has 128 valence electrons. The minimum atomic E-state index is 1.09. The minimum absolute atomic E-state index is 1.09. The van der Waals surface area contributed by atoms with Gasteiger partial charge in [0.15, 0.2) is 0 Å². The van der Waals surface area contributed by atoms with Crippen LogP contribution in [-0.2, 0) is 6.42 Å². The molecule has 0 heteroatoms. The van der Waals surface area contributed by atoms with Gasteiger partial charge >= 0.3 is 0 Å². The van der Waals surface area contributed by atoms with E-state index in [1.807, 2.05) is 0 Å². The van der Waals surface area contributed by atoms with Crippen LogP contribution in [0.25, 0.3) is 22.3 Å². The van der Waals surface area contributed by atoms with E-state index >= 15 is 0 Å². The van der Waals surface area contributed by atoms with E-state index in [4.69, 9.17) is 0 Å². The van der Waals surface area contributed by atoms with Crippen LogP contribution < -0.4 is 0 Å². The quantitative estimate of drug-likeness (QED) is 0.480. The average molecular weight is 328 g/mol. The van der Waals surface area contributed by atoms with Crippen molar-refractivity contribution in [3.63, 3.8) is 0 Å². The van der Waals surface area contributed by atoms with Crippen molar-refractivity contribution in [2.45, 2.75) is 48.0 Å². The molecule has 0 radical (unpaired) electrons. The first-order valence-electron chi connectivity index (χ1n) is 9.19. The van der Waals surface area contributed by atoms with Gasteiger partial charge in [0, 0.05) is 0 Å². The van der Waals surface area contributed by atoms with Crippen molar-refractivity contribution < 1.29 is 0 Å². The molecule has 0 N–H and O–H groups in total. The number of aryl methyl sites for hydroxylation is 5. The Morgan fingerprint density at radius 1 is 0.560 bits per heavy atom. The van der Waals surface area contributed by atoms with Gasteiger partial charge < -0.3 is 0 Å². The van der Waals surface area contributed by atoms with Gasteiger partial charge in [0.05, 0.1) is 0 Å². The molecule has 0 atom stereocenters. The van der Waals surface area contributed by atoms with E-state index in [1.165, 1.54) is 55.6 Å². The molecule has 0 spiro atoms. The van der Waals surface area contributed by atoms with Crippen LogP contribution in [0.4, 0.5) is 0 Å². The lowest BCUT2D eigenvalue weighted by Crippen LogP contribution is -1.94. The van der Waals surface area contributed by atoms with Gasteiger partial charge in [-0.3, -0.25) is 0 Å². The molecular weight excluding hydrogens is 300 g/mol. The zero-order chi connectivity index (χ0) is 18.1. The standard InChI is InChI=1S/C25H28/c1-7-21-8-10-22(11-9-21)23-14-18(4)25(19(5)15-23)24-12-16(2)20(6)17(3)13-24/h8-15H,7H2,1-6H3. The van der Waals surface area contributed by atoms with Crippen molar-refractivity contribution in [2.24, 2.45) is 0 Å². The molecule has 0 saturated heterocycles. The van der Waals surface area contributed by atoms with Gasteiger partial charge in [-0.2, -0.15) is 0 Å². The van der Waals surface area contributed by atoms with Crippen molar-refractivity contribution in [1.29, 1.82) is 0 Å². The Balaban J connectivity index is 2.09. The van der Waals surface area contributed by atoms with Crippen molar-refractivity contribution in [1.82, 2.24) is 0 Å². The third-order valence-corrected chi connectivity index (χ3v) is 5.44. The molecule has 0 saturated carbocycles. The van der Waals surface area contributed by atoms with Gasteiger partial charge in [-0.15, -0.1) is 0 Å². The summed E-state index contributed by atoms with van der Waals surface area (Å²) in [5, 5.41) is 0. The predicted octanol–water partition coefficient (Wildman–Crippen LogP) is 7.13. The SMILES string of the molecule is CCc1ccc(-c2cc(C)c(-c3cc(C)c(C)c(C)c3)c(C)c2)cc1. The second-order valence-electron chi connectivity index (χ2n) is 7.27. The van der Waals surface area contributed by atoms with Gasteiger partial charge in [0.1, 0.15) is 0 Å². The predicted molar refractivity (Wildman–Crippen MR) is 110 cm³/mol. The molecular formula is C25H28. The Kier molecular flexibility index (Phi) is 4.81. The molecule has 0 aromatic heterocycles. The number of rotatable bonds is 3. The smallest absolute Gasteiger partial charge is 0.0125 e. The molecule has 0 bridgehead atoms. The maximum Gasteiger partial charge on any atom is -0.0125 e. The first-order chi connectivity index (χ1) is 11.9. The second-order valence-corrected chi connectivity index (χ2v) is 7.27. The molecule has 25 heavy (non-hydrogen) atoms. The first kappa shape index (κ1) is 17.5. The van der Waals surface area contributed by atoms with Gasteiger partial charge in [-0.05, 0) is 96.7 Å². The molecule has 3 aromatic rings. The summed E-state index contributed by atoms with van der Waals surface area (Å²) in [6, 6.07) is 18.3. The molecule has 0 aliphatic carbocycles. The average Bonchev–Trinajstić information content (AvgIpc) is 2.59. The van der Waals surface area contributed by atoms with Crippen molar-refractivity contribution >= 4 is 0 Å². The summed E-state index contributed by atoms with van der Waals surface area (Å²) >= 11 is 0. The van der Waals surface area contributed by atoms with Crippen LogP contribution in [0.2, 0.25) is 0 Å². The van der Waals surface area contributed by atoms with E-state index in [-0.39, 0.29) is 0 Å². The third kappa shape index (κ3) is 3.39. The molecule has 0 aliphatic heterocycles. The molecule has 0 fully saturated rings. The van der Waals surface area contributed by atoms with Crippen molar-refractivity contribution in [3.05, 3.63) is 81.9 Å². The Hall–Kier alpha value is -2.34. The van der Waals surface area contributed by atoms with Crippen molar-refractivity contribution in [2.75, 3.05) is 0 Å². The van der Waals surface area contributed by atoms with E-state index in [0.29, 0.717) is 0 Å². The summed E-state index contributed by atoms with van der Waals surface area (Å²) in [6.07, 6.45) is 1.09. The number of benzene rings is 3. The molecule has 0 nitrogen and oxygen atoms in total. The lowest BCUT2D eigenvalue weighted by atomic mass is 9.89. The second kappa shape index (κ2) is 6.88. The minimum Gasteiger partial charge on any atom is -0.0613 e. The Labute approximate surface area is 152 Å². The molecule has 0 heterocycles. The van der Waals surface area contributed by atoms with E-state index < -0.39 is 0 Å². The van der Waals surface area contributed by atoms with Gasteiger partial charge in [0.25, 0.3) is 0 Å². The van der Waals surface area contributed by atoms with E-state index in [2.05, 4.69) is 90.1 Å². The first-order valence-corrected chi connectivity index (χ1v) is 9.19. The van der Waals surface area contributed by atoms with Crippen LogP contribution in [0, 0.1) is 34.6 Å². The zero-order valence-electron chi connectivity index (χ0n) is 16.3. The highest BCUT2D eigenvalue weighted by molar-refractivity contribution is 5.77. The summed E-state index contributed by atoms with van der Waals surface area (Å²) in [5.41, 5.74) is 13.5. The fraction of sp³-hybridized carbons (Fsp3) is 0.280. The van der Waals surface area contributed by atoms with Crippen LogP contribution in [0.3, 0.4) is 0 Å². The molecule has 0 amide bonds. The van der Waals surface area contributed by atoms with Gasteiger partial charge in [-0.25, -0.2) is 0 Å². The fourth-order valence-corrected chi connectivity index (χ4v) is 3.70. The van der Waals surface area contributed by atoms with E-state index in [9.17, 15) is 0 Å². The highest BCUT2D eigenvalue weighted by Gasteiger charge is 2.11. The maximum absolute atomic E-state index is 2.33. The summed E-state index contributed by atoms with van der Waals surface area (Å²) in [6.45, 7) is 13.3. The Morgan fingerprint density at radius 3 is 1.52 bits per heavy atom. The van der Waals surface area contributed by atoms with Crippen LogP contribution in [0.1, 0.15) is 40.3 Å². The Bertz CT molecular complexity index is 865. The van der Waals surface area contributed by atoms with Crippen molar-refractivity contribution in [3.8, 4) is 22.3 Å². The van der Waals surface area contributed by atoms with E-state index in [0.717, 1.165) is 6.42 Å². The third-order valence-electron chi connectivity index (χ3n) is 5.44. The number of hydrogen-bond donors (Lipinski definition) is 0.